The number of methoxy groups -OCH3 is 1. The number of nitrogens with zero attached hydrogens (tertiary/aromatic N) is 1. The van der Waals surface area contributed by atoms with Crippen molar-refractivity contribution >= 4 is 24.2 Å². The summed E-state index contributed by atoms with van der Waals surface area (Å²) >= 11 is 0. The zero-order valence-electron chi connectivity index (χ0n) is 13.5. The number of carboxylic acid groups (broad SMARTS) is 2. The maximum atomic E-state index is 10.8. The Morgan fingerprint density at radius 1 is 1.22 bits per heavy atom. The Bertz CT molecular complexity index is 543. The third kappa shape index (κ3) is 11.8. The van der Waals surface area contributed by atoms with E-state index in [0.29, 0.717) is 0 Å². The molecule has 0 radical (unpaired) electrons. The minimum atomic E-state index is -1.41. The number of carbonyl (C=O) groups excluding carboxylic acids is 2. The maximum absolute atomic E-state index is 10.8. The number of rotatable bonds is 8. The smallest absolute Gasteiger partial charge is 0.550 e. The molecule has 0 unspecified atom stereocenters. The minimum Gasteiger partial charge on any atom is -0.550 e. The van der Waals surface area contributed by atoms with Crippen LogP contribution in [0.5, 0.6) is 5.75 Å². The third-order valence-corrected chi connectivity index (χ3v) is 2.65. The molecular weight excluding hydrogens is 352 g/mol. The number of aliphatic carboxylic acids is 2. The van der Waals surface area contributed by atoms with Gasteiger partial charge in [-0.25, -0.2) is 0 Å². The van der Waals surface area contributed by atoms with E-state index in [0.717, 1.165) is 11.3 Å². The fraction of sp³-hybridized carbons (Fsp3) is 0.267. The number of carboxylic acids is 2. The van der Waals surface area contributed by atoms with E-state index in [9.17, 15) is 19.8 Å². The van der Waals surface area contributed by atoms with E-state index in [1.165, 1.54) is 6.21 Å². The van der Waals surface area contributed by atoms with Crippen molar-refractivity contribution in [1.29, 1.82) is 0 Å². The van der Waals surface area contributed by atoms with Gasteiger partial charge in [-0.1, -0.05) is 18.2 Å². The fourth-order valence-electron chi connectivity index (χ4n) is 1.53. The van der Waals surface area contributed by atoms with Gasteiger partial charge >= 0.3 is 103 Å². The first-order valence-electron chi connectivity index (χ1n) is 6.27. The minimum absolute atomic E-state index is 0. The molecule has 0 aliphatic rings. The molecule has 0 aliphatic heterocycles. The van der Waals surface area contributed by atoms with E-state index < -0.39 is 18.0 Å². The second-order valence-electron chi connectivity index (χ2n) is 4.18. The van der Waals surface area contributed by atoms with Crippen LogP contribution in [0.15, 0.2) is 35.3 Å². The van der Waals surface area contributed by atoms with Crippen LogP contribution < -0.4 is 118 Å². The molecule has 0 aromatic heterocycles. The molecule has 0 N–H and O–H groups in total. The van der Waals surface area contributed by atoms with E-state index in [2.05, 4.69) is 4.99 Å². The summed E-state index contributed by atoms with van der Waals surface area (Å²) in [6, 6.07) is 6.05. The predicted molar refractivity (Wildman–Crippen MR) is 73.6 cm³/mol. The normalized spacial score (nSPS) is 11.5. The van der Waals surface area contributed by atoms with Crippen LogP contribution in [-0.4, -0.2) is 31.3 Å². The van der Waals surface area contributed by atoms with Gasteiger partial charge in [-0.15, -0.1) is 0 Å². The molecular formula is C15H15K2NO5. The largest absolute Gasteiger partial charge is 1.00 e. The Hall–Kier alpha value is 0.643. The van der Waals surface area contributed by atoms with Gasteiger partial charge in [-0.2, -0.15) is 0 Å². The van der Waals surface area contributed by atoms with Gasteiger partial charge in [-0.05, 0) is 36.6 Å². The standard InChI is InChI=1S/C15H17NO5.2K/c1-21-12-6-4-11(5-7-12)3-2-10-16-13(15(19)20)8-9-14(17)18;;/h2-7,10,13H,8-9H2,1H3,(H,17,18)(H,19,20);;/q;2*+1/p-2/b3-2+,16-10?;;/t13-;;/m0../s1. The number of benzene rings is 1. The van der Waals surface area contributed by atoms with Crippen molar-refractivity contribution in [3.05, 3.63) is 35.9 Å². The van der Waals surface area contributed by atoms with Crippen molar-refractivity contribution < 1.29 is 127 Å². The molecule has 1 aromatic carbocycles. The van der Waals surface area contributed by atoms with E-state index >= 15 is 0 Å². The Morgan fingerprint density at radius 2 is 1.83 bits per heavy atom. The molecule has 8 heteroatoms. The van der Waals surface area contributed by atoms with Crippen LogP contribution in [0.1, 0.15) is 18.4 Å². The van der Waals surface area contributed by atoms with Gasteiger partial charge in [0.2, 0.25) is 0 Å². The van der Waals surface area contributed by atoms with Gasteiger partial charge in [-0.3, -0.25) is 4.99 Å². The van der Waals surface area contributed by atoms with Crippen LogP contribution >= 0.6 is 0 Å². The average molecular weight is 367 g/mol. The fourth-order valence-corrected chi connectivity index (χ4v) is 1.53. The zero-order valence-corrected chi connectivity index (χ0v) is 19.8. The molecule has 1 atom stereocenters. The van der Waals surface area contributed by atoms with Crippen molar-refractivity contribution in [3.8, 4) is 5.75 Å². The van der Waals surface area contributed by atoms with Crippen molar-refractivity contribution in [2.75, 3.05) is 7.11 Å². The summed E-state index contributed by atoms with van der Waals surface area (Å²) in [6.07, 6.45) is 4.07. The van der Waals surface area contributed by atoms with Gasteiger partial charge in [0.15, 0.2) is 0 Å². The molecule has 0 amide bonds. The summed E-state index contributed by atoms with van der Waals surface area (Å²) in [4.78, 5) is 24.8. The van der Waals surface area contributed by atoms with E-state index in [4.69, 9.17) is 4.74 Å². The van der Waals surface area contributed by atoms with Crippen LogP contribution in [0.2, 0.25) is 0 Å². The number of hydrogen-bond donors (Lipinski definition) is 0. The summed E-state index contributed by atoms with van der Waals surface area (Å²) in [5, 5.41) is 21.1. The molecule has 0 spiro atoms. The average Bonchev–Trinajstić information content (AvgIpc) is 2.46. The van der Waals surface area contributed by atoms with Crippen molar-refractivity contribution in [2.45, 2.75) is 18.9 Å². The van der Waals surface area contributed by atoms with Crippen molar-refractivity contribution in [2.24, 2.45) is 4.99 Å². The molecule has 1 rings (SSSR count). The van der Waals surface area contributed by atoms with Gasteiger partial charge in [0.05, 0.1) is 19.1 Å². The number of hydrogen-bond acceptors (Lipinski definition) is 6. The quantitative estimate of drug-likeness (QED) is 0.336. The second-order valence-corrected chi connectivity index (χ2v) is 4.18. The molecule has 0 saturated carbocycles. The molecule has 23 heavy (non-hydrogen) atoms. The molecule has 0 heterocycles. The molecule has 6 nitrogen and oxygen atoms in total. The van der Waals surface area contributed by atoms with Gasteiger partial charge in [0, 0.05) is 12.2 Å². The van der Waals surface area contributed by atoms with Crippen LogP contribution in [0.3, 0.4) is 0 Å². The van der Waals surface area contributed by atoms with Crippen LogP contribution in [-0.2, 0) is 9.59 Å². The van der Waals surface area contributed by atoms with Gasteiger partial charge < -0.3 is 24.5 Å². The van der Waals surface area contributed by atoms with Crippen molar-refractivity contribution in [3.63, 3.8) is 0 Å². The first kappa shape index (κ1) is 25.9. The monoisotopic (exact) mass is 367 g/mol. The van der Waals surface area contributed by atoms with Gasteiger partial charge in [0.25, 0.3) is 0 Å². The summed E-state index contributed by atoms with van der Waals surface area (Å²) < 4.78 is 5.02. The maximum Gasteiger partial charge on any atom is 1.00 e. The summed E-state index contributed by atoms with van der Waals surface area (Å²) in [7, 11) is 1.57. The summed E-state index contributed by atoms with van der Waals surface area (Å²) in [5.41, 5.74) is 0.891. The number of ether oxygens (including phenoxy) is 1. The predicted octanol–water partition coefficient (Wildman–Crippen LogP) is -6.56. The molecule has 0 aliphatic carbocycles. The molecule has 0 bridgehead atoms. The Balaban J connectivity index is 0. The number of allylic oxidation sites excluding steroid dienone is 1. The molecule has 1 aromatic rings. The Morgan fingerprint density at radius 3 is 2.30 bits per heavy atom. The molecule has 0 saturated heterocycles. The first-order chi connectivity index (χ1) is 10.0. The molecule has 0 fully saturated rings. The Labute approximate surface area is 220 Å². The molecule has 112 valence electrons. The number of carbonyl (C=O) groups is 2. The van der Waals surface area contributed by atoms with Gasteiger partial charge in [0.1, 0.15) is 5.75 Å². The van der Waals surface area contributed by atoms with Crippen LogP contribution in [0, 0.1) is 0 Å². The SMILES string of the molecule is COc1ccc(/C=C/C=N[C@@H](CCC(=O)[O-])C(=O)[O-])cc1.[K+].[K+]. The number of aliphatic imine (C=N–C) groups is 1. The van der Waals surface area contributed by atoms with Crippen molar-refractivity contribution in [1.82, 2.24) is 0 Å². The second kappa shape index (κ2) is 14.9. The van der Waals surface area contributed by atoms with E-state index in [1.54, 1.807) is 31.4 Å². The van der Waals surface area contributed by atoms with Crippen LogP contribution in [0.4, 0.5) is 0 Å². The topological polar surface area (TPSA) is 102 Å². The zero-order chi connectivity index (χ0) is 15.7. The van der Waals surface area contributed by atoms with E-state index in [-0.39, 0.29) is 116 Å². The van der Waals surface area contributed by atoms with Crippen LogP contribution in [0.25, 0.3) is 6.08 Å². The third-order valence-electron chi connectivity index (χ3n) is 2.65. The summed E-state index contributed by atoms with van der Waals surface area (Å²) in [5.74, 6) is -1.99. The first-order valence-corrected chi connectivity index (χ1v) is 6.27. The Kier molecular flexibility index (Phi) is 16.8. The van der Waals surface area contributed by atoms with E-state index in [1.807, 2.05) is 12.1 Å². The summed E-state index contributed by atoms with van der Waals surface area (Å²) in [6.45, 7) is 0.